The summed E-state index contributed by atoms with van der Waals surface area (Å²) in [5.41, 5.74) is 9.31. The Bertz CT molecular complexity index is 1500. The molecule has 5 rings (SSSR count). The highest BCUT2D eigenvalue weighted by molar-refractivity contribution is 6.11. The lowest BCUT2D eigenvalue weighted by molar-refractivity contribution is 0.0792. The fourth-order valence-electron chi connectivity index (χ4n) is 4.52. The van der Waals surface area contributed by atoms with E-state index >= 15 is 0 Å². The summed E-state index contributed by atoms with van der Waals surface area (Å²) in [5.74, 6) is -0.623. The summed E-state index contributed by atoms with van der Waals surface area (Å²) in [4.78, 5) is 35.8. The Hall–Kier alpha value is -4.63. The van der Waals surface area contributed by atoms with Crippen molar-refractivity contribution in [2.45, 2.75) is 18.9 Å². The number of phenols is 1. The first-order chi connectivity index (χ1) is 17.9. The summed E-state index contributed by atoms with van der Waals surface area (Å²) in [6, 6.07) is 17.5. The number of fused-ring (bicyclic) bond motifs is 1. The van der Waals surface area contributed by atoms with Gasteiger partial charge in [-0.3, -0.25) is 15.0 Å². The third kappa shape index (κ3) is 4.89. The fourth-order valence-corrected chi connectivity index (χ4v) is 4.52. The molecular weight excluding hydrogens is 468 g/mol. The van der Waals surface area contributed by atoms with E-state index in [9.17, 15) is 14.7 Å². The summed E-state index contributed by atoms with van der Waals surface area (Å²) in [7, 11) is 0. The molecule has 0 aliphatic carbocycles. The van der Waals surface area contributed by atoms with Crippen LogP contribution in [0.5, 0.6) is 5.75 Å². The quantitative estimate of drug-likeness (QED) is 0.247. The molecule has 9 heteroatoms. The molecule has 1 atom stereocenters. The van der Waals surface area contributed by atoms with E-state index in [1.165, 1.54) is 18.5 Å². The van der Waals surface area contributed by atoms with Crippen molar-refractivity contribution < 1.29 is 14.7 Å². The molecule has 3 aromatic carbocycles. The first kappa shape index (κ1) is 24.1. The van der Waals surface area contributed by atoms with E-state index in [0.717, 1.165) is 25.9 Å². The molecule has 5 N–H and O–H groups in total. The van der Waals surface area contributed by atoms with E-state index in [1.54, 1.807) is 54.6 Å². The van der Waals surface area contributed by atoms with Gasteiger partial charge in [0.15, 0.2) is 0 Å². The van der Waals surface area contributed by atoms with E-state index < -0.39 is 11.9 Å². The molecule has 1 unspecified atom stereocenters. The Morgan fingerprint density at radius 3 is 2.43 bits per heavy atom. The Balaban J connectivity index is 1.42. The summed E-state index contributed by atoms with van der Waals surface area (Å²) in [6.07, 6.45) is 3.40. The van der Waals surface area contributed by atoms with Crippen molar-refractivity contribution in [1.82, 2.24) is 20.2 Å². The monoisotopic (exact) mass is 494 g/mol. The minimum atomic E-state index is -0.844. The minimum Gasteiger partial charge on any atom is -0.508 e. The van der Waals surface area contributed by atoms with Crippen LogP contribution in [-0.2, 0) is 0 Å². The molecule has 2 heterocycles. The van der Waals surface area contributed by atoms with Gasteiger partial charge in [-0.1, -0.05) is 24.3 Å². The van der Waals surface area contributed by atoms with Crippen LogP contribution in [0.15, 0.2) is 73.1 Å². The number of amidine groups is 1. The van der Waals surface area contributed by atoms with Crippen LogP contribution in [0.2, 0.25) is 0 Å². The van der Waals surface area contributed by atoms with Gasteiger partial charge in [0, 0.05) is 40.7 Å². The van der Waals surface area contributed by atoms with Crippen LogP contribution < -0.4 is 11.1 Å². The number of carbonyl (C=O) groups excluding carboxylic acids is 2. The molecule has 1 aliphatic rings. The van der Waals surface area contributed by atoms with Crippen LogP contribution in [-0.4, -0.2) is 50.7 Å². The Kier molecular flexibility index (Phi) is 6.61. The number of benzene rings is 3. The number of aromatic hydroxyl groups is 1. The van der Waals surface area contributed by atoms with Gasteiger partial charge in [0.2, 0.25) is 0 Å². The lowest BCUT2D eigenvalue weighted by Gasteiger charge is -2.18. The van der Waals surface area contributed by atoms with Gasteiger partial charge in [0.1, 0.15) is 17.9 Å². The molecule has 37 heavy (non-hydrogen) atoms. The number of carbonyl (C=O) groups is 2. The van der Waals surface area contributed by atoms with Crippen molar-refractivity contribution in [3.8, 4) is 5.75 Å². The van der Waals surface area contributed by atoms with Crippen molar-refractivity contribution in [3.05, 3.63) is 101 Å². The Morgan fingerprint density at radius 2 is 1.68 bits per heavy atom. The second kappa shape index (κ2) is 10.2. The molecular formula is C28H26N6O3. The molecule has 9 nitrogen and oxygen atoms in total. The van der Waals surface area contributed by atoms with E-state index in [-0.39, 0.29) is 17.5 Å². The van der Waals surface area contributed by atoms with Crippen LogP contribution in [0.25, 0.3) is 10.9 Å². The van der Waals surface area contributed by atoms with Crippen LogP contribution in [0.1, 0.15) is 56.4 Å². The average Bonchev–Trinajstić information content (AvgIpc) is 3.47. The molecule has 1 aliphatic heterocycles. The number of amides is 2. The highest BCUT2D eigenvalue weighted by Crippen LogP contribution is 2.31. The van der Waals surface area contributed by atoms with E-state index in [4.69, 9.17) is 11.1 Å². The van der Waals surface area contributed by atoms with E-state index in [0.29, 0.717) is 38.9 Å². The van der Waals surface area contributed by atoms with E-state index in [2.05, 4.69) is 15.3 Å². The molecule has 0 saturated carbocycles. The third-order valence-electron chi connectivity index (χ3n) is 6.53. The number of aromatic nitrogens is 2. The highest BCUT2D eigenvalue weighted by Gasteiger charge is 2.22. The summed E-state index contributed by atoms with van der Waals surface area (Å²) in [6.45, 7) is 1.51. The maximum Gasteiger partial charge on any atom is 0.256 e. The maximum atomic E-state index is 12.8. The van der Waals surface area contributed by atoms with Gasteiger partial charge in [-0.2, -0.15) is 0 Å². The van der Waals surface area contributed by atoms with Gasteiger partial charge >= 0.3 is 0 Å². The van der Waals surface area contributed by atoms with Gasteiger partial charge in [-0.25, -0.2) is 9.97 Å². The molecule has 1 saturated heterocycles. The first-order valence-electron chi connectivity index (χ1n) is 12.0. The van der Waals surface area contributed by atoms with Crippen molar-refractivity contribution in [1.29, 1.82) is 5.41 Å². The number of nitrogens with one attached hydrogen (secondary N) is 2. The number of nitrogens with two attached hydrogens (primary N) is 1. The zero-order chi connectivity index (χ0) is 25.9. The number of nitrogens with zero attached hydrogens (tertiary/aromatic N) is 3. The van der Waals surface area contributed by atoms with Gasteiger partial charge in [-0.15, -0.1) is 0 Å². The largest absolute Gasteiger partial charge is 0.508 e. The summed E-state index contributed by atoms with van der Waals surface area (Å²) in [5, 5.41) is 22.2. The zero-order valence-electron chi connectivity index (χ0n) is 20.0. The molecule has 4 aromatic rings. The molecule has 2 amide bonds. The first-order valence-corrected chi connectivity index (χ1v) is 12.0. The van der Waals surface area contributed by atoms with Crippen LogP contribution in [0.4, 0.5) is 0 Å². The number of hydrogen-bond acceptors (Lipinski definition) is 7. The van der Waals surface area contributed by atoms with Gasteiger partial charge in [0.05, 0.1) is 17.3 Å². The molecule has 0 spiro atoms. The molecule has 186 valence electrons. The van der Waals surface area contributed by atoms with Crippen LogP contribution in [0.3, 0.4) is 0 Å². The lowest BCUT2D eigenvalue weighted by Crippen LogP contribution is -2.30. The van der Waals surface area contributed by atoms with Crippen molar-refractivity contribution in [3.63, 3.8) is 0 Å². The SMILES string of the molecule is N=C(NC(=O)c1ccccc1)c1ccc(O)c(C(N)c2ncnc3cc(C(=O)N4CCCC4)ccc23)c1. The van der Waals surface area contributed by atoms with Crippen LogP contribution >= 0.6 is 0 Å². The normalized spacial score (nSPS) is 13.9. The molecule has 0 radical (unpaired) electrons. The number of rotatable bonds is 5. The van der Waals surface area contributed by atoms with Crippen molar-refractivity contribution >= 4 is 28.6 Å². The highest BCUT2D eigenvalue weighted by atomic mass is 16.3. The smallest absolute Gasteiger partial charge is 0.256 e. The van der Waals surface area contributed by atoms with Gasteiger partial charge in [-0.05, 0) is 55.3 Å². The standard InChI is InChI=1S/C28H26N6O3/c29-24(21-14-18(9-11-23(21)35)26(30)33-27(36)17-6-2-1-3-7-17)25-20-10-8-19(15-22(20)31-16-32-25)28(37)34-12-4-5-13-34/h1-3,6-11,14-16,24,35H,4-5,12-13,29H2,(H2,30,33,36). The predicted octanol–water partition coefficient (Wildman–Crippen LogP) is 3.37. The topological polar surface area (TPSA) is 145 Å². The fraction of sp³-hybridized carbons (Fsp3) is 0.179. The predicted molar refractivity (Wildman–Crippen MR) is 140 cm³/mol. The number of likely N-dealkylation sites (tertiary alicyclic amines) is 1. The van der Waals surface area contributed by atoms with E-state index in [1.807, 2.05) is 4.90 Å². The maximum absolute atomic E-state index is 12.8. The van der Waals surface area contributed by atoms with Gasteiger partial charge in [0.25, 0.3) is 11.8 Å². The molecule has 0 bridgehead atoms. The van der Waals surface area contributed by atoms with Gasteiger partial charge < -0.3 is 21.1 Å². The zero-order valence-corrected chi connectivity index (χ0v) is 20.0. The Morgan fingerprint density at radius 1 is 0.946 bits per heavy atom. The van der Waals surface area contributed by atoms with Crippen molar-refractivity contribution in [2.24, 2.45) is 5.73 Å². The van der Waals surface area contributed by atoms with Crippen LogP contribution in [0, 0.1) is 5.41 Å². The summed E-state index contributed by atoms with van der Waals surface area (Å²) >= 11 is 0. The lowest BCUT2D eigenvalue weighted by atomic mass is 9.97. The molecule has 1 aromatic heterocycles. The Labute approximate surface area is 213 Å². The average molecular weight is 495 g/mol. The van der Waals surface area contributed by atoms with Crippen molar-refractivity contribution in [2.75, 3.05) is 13.1 Å². The molecule has 1 fully saturated rings. The third-order valence-corrected chi connectivity index (χ3v) is 6.53. The summed E-state index contributed by atoms with van der Waals surface area (Å²) < 4.78 is 0. The second-order valence-corrected chi connectivity index (χ2v) is 8.94. The second-order valence-electron chi connectivity index (χ2n) is 8.94. The number of hydrogen-bond donors (Lipinski definition) is 4. The number of phenolic OH excluding ortho intramolecular Hbond substituents is 1. The minimum absolute atomic E-state index is 0.0229.